The summed E-state index contributed by atoms with van der Waals surface area (Å²) in [6.07, 6.45) is 2.14. The van der Waals surface area contributed by atoms with Gasteiger partial charge in [0.2, 0.25) is 0 Å². The van der Waals surface area contributed by atoms with Crippen molar-refractivity contribution in [2.75, 3.05) is 0 Å². The molecule has 0 fully saturated rings. The molecule has 6 rings (SSSR count). The number of halogens is 2. The standard InChI is InChI=1S/C29H22F2N2O3/c1-2-27(35)36-25-15-26(34)33-24(25)14-22-21-5-3-4-6-23(21)32-28(22)29(33)17-9-7-16(8-10-17)18-11-19(30)13-20(31)12-18/h3-13,15,24,29,32H,2,14H2,1H3/t24-,29+/m0/s1. The fourth-order valence-electron chi connectivity index (χ4n) is 5.30. The van der Waals surface area contributed by atoms with E-state index in [0.717, 1.165) is 33.8 Å². The van der Waals surface area contributed by atoms with Crippen LogP contribution in [0, 0.1) is 11.6 Å². The molecular formula is C29H22F2N2O3. The van der Waals surface area contributed by atoms with E-state index in [-0.39, 0.29) is 18.3 Å². The zero-order valence-corrected chi connectivity index (χ0v) is 19.4. The predicted octanol–water partition coefficient (Wildman–Crippen LogP) is 5.81. The van der Waals surface area contributed by atoms with Gasteiger partial charge in [-0.1, -0.05) is 49.4 Å². The molecule has 2 aliphatic rings. The van der Waals surface area contributed by atoms with Crippen molar-refractivity contribution in [2.24, 2.45) is 0 Å². The van der Waals surface area contributed by atoms with Gasteiger partial charge in [0.25, 0.3) is 5.91 Å². The minimum Gasteiger partial charge on any atom is -0.429 e. The van der Waals surface area contributed by atoms with Crippen molar-refractivity contribution in [3.63, 3.8) is 0 Å². The number of aromatic nitrogens is 1. The number of nitrogens with zero attached hydrogens (tertiary/aromatic N) is 1. The average Bonchev–Trinajstić information content (AvgIpc) is 3.39. The van der Waals surface area contributed by atoms with Crippen LogP contribution in [0.5, 0.6) is 0 Å². The SMILES string of the molecule is CCC(=O)OC1=CC(=O)N2[C@H](c3ccc(-c4cc(F)cc(F)c4)cc3)c3[nH]c4ccccc4c3C[C@@H]12. The maximum absolute atomic E-state index is 13.8. The maximum atomic E-state index is 13.8. The van der Waals surface area contributed by atoms with E-state index in [4.69, 9.17) is 4.74 Å². The highest BCUT2D eigenvalue weighted by Crippen LogP contribution is 2.45. The second kappa shape index (κ2) is 8.45. The molecule has 0 saturated carbocycles. The molecule has 4 aromatic rings. The monoisotopic (exact) mass is 484 g/mol. The Bertz CT molecular complexity index is 1530. The van der Waals surface area contributed by atoms with Gasteiger partial charge in [-0.2, -0.15) is 0 Å². The largest absolute Gasteiger partial charge is 0.429 e. The minimum absolute atomic E-state index is 0.210. The Morgan fingerprint density at radius 1 is 1.03 bits per heavy atom. The Balaban J connectivity index is 1.46. The quantitative estimate of drug-likeness (QED) is 0.372. The summed E-state index contributed by atoms with van der Waals surface area (Å²) in [7, 11) is 0. The normalized spacial score (nSPS) is 18.7. The number of benzene rings is 3. The van der Waals surface area contributed by atoms with Crippen LogP contribution in [0.2, 0.25) is 0 Å². The van der Waals surface area contributed by atoms with Crippen molar-refractivity contribution >= 4 is 22.8 Å². The molecule has 0 unspecified atom stereocenters. The molecule has 180 valence electrons. The molecule has 5 nitrogen and oxygen atoms in total. The van der Waals surface area contributed by atoms with E-state index in [0.29, 0.717) is 23.3 Å². The molecule has 3 aromatic carbocycles. The van der Waals surface area contributed by atoms with E-state index in [1.54, 1.807) is 24.0 Å². The molecule has 0 saturated heterocycles. The van der Waals surface area contributed by atoms with Crippen LogP contribution in [-0.4, -0.2) is 27.8 Å². The minimum atomic E-state index is -0.644. The van der Waals surface area contributed by atoms with E-state index >= 15 is 0 Å². The summed E-state index contributed by atoms with van der Waals surface area (Å²) in [5, 5.41) is 1.06. The maximum Gasteiger partial charge on any atom is 0.310 e. The van der Waals surface area contributed by atoms with Gasteiger partial charge in [-0.25, -0.2) is 8.78 Å². The fourth-order valence-corrected chi connectivity index (χ4v) is 5.30. The number of hydrogen-bond donors (Lipinski definition) is 1. The number of amides is 1. The van der Waals surface area contributed by atoms with Crippen LogP contribution in [0.25, 0.3) is 22.0 Å². The van der Waals surface area contributed by atoms with Crippen LogP contribution < -0.4 is 0 Å². The molecule has 0 radical (unpaired) electrons. The number of carbonyl (C=O) groups is 2. The molecule has 1 N–H and O–H groups in total. The first-order valence-electron chi connectivity index (χ1n) is 11.8. The van der Waals surface area contributed by atoms with Crippen molar-refractivity contribution < 1.29 is 23.1 Å². The summed E-state index contributed by atoms with van der Waals surface area (Å²) < 4.78 is 33.1. The van der Waals surface area contributed by atoms with E-state index in [1.807, 2.05) is 36.4 Å². The Hall–Kier alpha value is -4.26. The first kappa shape index (κ1) is 22.2. The molecule has 2 atom stereocenters. The Kier molecular flexibility index (Phi) is 5.21. The lowest BCUT2D eigenvalue weighted by molar-refractivity contribution is -0.140. The van der Waals surface area contributed by atoms with Gasteiger partial charge in [0, 0.05) is 41.6 Å². The summed E-state index contributed by atoms with van der Waals surface area (Å²) >= 11 is 0. The van der Waals surface area contributed by atoms with E-state index < -0.39 is 23.7 Å². The van der Waals surface area contributed by atoms with Crippen LogP contribution >= 0.6 is 0 Å². The van der Waals surface area contributed by atoms with Crippen LogP contribution in [-0.2, 0) is 20.7 Å². The first-order valence-corrected chi connectivity index (χ1v) is 11.8. The van der Waals surface area contributed by atoms with E-state index in [1.165, 1.54) is 18.2 Å². The Labute approximate surface area is 206 Å². The van der Waals surface area contributed by atoms with Gasteiger partial charge in [-0.05, 0) is 40.5 Å². The van der Waals surface area contributed by atoms with Gasteiger partial charge in [0.15, 0.2) is 0 Å². The molecule has 0 bridgehead atoms. The van der Waals surface area contributed by atoms with Gasteiger partial charge < -0.3 is 14.6 Å². The van der Waals surface area contributed by atoms with Crippen LogP contribution in [0.3, 0.4) is 0 Å². The first-order chi connectivity index (χ1) is 17.4. The third kappa shape index (κ3) is 3.59. The summed E-state index contributed by atoms with van der Waals surface area (Å²) in [6, 6.07) is 17.8. The zero-order chi connectivity index (χ0) is 25.0. The van der Waals surface area contributed by atoms with Crippen molar-refractivity contribution in [3.8, 4) is 11.1 Å². The van der Waals surface area contributed by atoms with Crippen molar-refractivity contribution in [1.82, 2.24) is 9.88 Å². The van der Waals surface area contributed by atoms with E-state index in [9.17, 15) is 18.4 Å². The van der Waals surface area contributed by atoms with Gasteiger partial charge >= 0.3 is 5.97 Å². The summed E-state index contributed by atoms with van der Waals surface area (Å²) in [6.45, 7) is 1.71. The lowest BCUT2D eigenvalue weighted by Gasteiger charge is -2.38. The number of carbonyl (C=O) groups excluding carboxylic acids is 2. The molecule has 2 aliphatic heterocycles. The number of H-pyrrole nitrogens is 1. The van der Waals surface area contributed by atoms with Gasteiger partial charge in [-0.15, -0.1) is 0 Å². The van der Waals surface area contributed by atoms with Crippen LogP contribution in [0.1, 0.15) is 36.2 Å². The van der Waals surface area contributed by atoms with Gasteiger partial charge in [-0.3, -0.25) is 9.59 Å². The van der Waals surface area contributed by atoms with E-state index in [2.05, 4.69) is 4.98 Å². The topological polar surface area (TPSA) is 62.4 Å². The molecule has 1 amide bonds. The number of nitrogens with one attached hydrogen (secondary N) is 1. The Morgan fingerprint density at radius 2 is 1.75 bits per heavy atom. The molecular weight excluding hydrogens is 462 g/mol. The second-order valence-electron chi connectivity index (χ2n) is 9.09. The number of rotatable bonds is 4. The number of esters is 1. The molecule has 7 heteroatoms. The second-order valence-corrected chi connectivity index (χ2v) is 9.09. The third-order valence-corrected chi connectivity index (χ3v) is 6.92. The van der Waals surface area contributed by atoms with Crippen molar-refractivity contribution in [2.45, 2.75) is 31.8 Å². The molecule has 0 aliphatic carbocycles. The van der Waals surface area contributed by atoms with Crippen LogP contribution in [0.15, 0.2) is 78.6 Å². The number of ether oxygens (including phenoxy) is 1. The number of para-hydroxylation sites is 1. The molecule has 36 heavy (non-hydrogen) atoms. The van der Waals surface area contributed by atoms with Gasteiger partial charge in [0.1, 0.15) is 17.4 Å². The summed E-state index contributed by atoms with van der Waals surface area (Å²) in [4.78, 5) is 30.5. The molecule has 0 spiro atoms. The smallest absolute Gasteiger partial charge is 0.310 e. The average molecular weight is 485 g/mol. The zero-order valence-electron chi connectivity index (χ0n) is 19.4. The highest BCUT2D eigenvalue weighted by atomic mass is 19.1. The number of fused-ring (bicyclic) bond motifs is 4. The van der Waals surface area contributed by atoms with Gasteiger partial charge in [0.05, 0.1) is 12.1 Å². The molecule has 1 aromatic heterocycles. The lowest BCUT2D eigenvalue weighted by Crippen LogP contribution is -2.44. The highest BCUT2D eigenvalue weighted by molar-refractivity contribution is 5.94. The molecule has 3 heterocycles. The van der Waals surface area contributed by atoms with Crippen molar-refractivity contribution in [3.05, 3.63) is 107 Å². The lowest BCUT2D eigenvalue weighted by atomic mass is 9.88. The number of aromatic amines is 1. The number of hydrogen-bond acceptors (Lipinski definition) is 3. The summed E-state index contributed by atoms with van der Waals surface area (Å²) in [5.41, 5.74) is 4.86. The van der Waals surface area contributed by atoms with Crippen LogP contribution in [0.4, 0.5) is 8.78 Å². The Morgan fingerprint density at radius 3 is 2.47 bits per heavy atom. The fraction of sp³-hybridized carbons (Fsp3) is 0.172. The predicted molar refractivity (Wildman–Crippen MR) is 131 cm³/mol. The third-order valence-electron chi connectivity index (χ3n) is 6.92. The summed E-state index contributed by atoms with van der Waals surface area (Å²) in [5.74, 6) is -1.54. The van der Waals surface area contributed by atoms with Crippen molar-refractivity contribution in [1.29, 1.82) is 0 Å². The highest BCUT2D eigenvalue weighted by Gasteiger charge is 2.46.